The maximum Gasteiger partial charge on any atom is 0.337 e. The van der Waals surface area contributed by atoms with Gasteiger partial charge in [0.2, 0.25) is 0 Å². The molecular formula is C24H21N2O2S+. The molecule has 0 N–H and O–H groups in total. The fourth-order valence-corrected chi connectivity index (χ4v) is 5.16. The summed E-state index contributed by atoms with van der Waals surface area (Å²) in [5.74, 6) is 0.934. The third-order valence-corrected chi connectivity index (χ3v) is 6.51. The van der Waals surface area contributed by atoms with Crippen LogP contribution in [0.25, 0.3) is 0 Å². The van der Waals surface area contributed by atoms with Crippen LogP contribution in [0.5, 0.6) is 0 Å². The summed E-state index contributed by atoms with van der Waals surface area (Å²) in [6.07, 6.45) is 0. The smallest absolute Gasteiger partial charge is 0.337 e. The van der Waals surface area contributed by atoms with Gasteiger partial charge < -0.3 is 4.74 Å². The number of anilines is 1. The van der Waals surface area contributed by atoms with Crippen molar-refractivity contribution in [3.05, 3.63) is 89.5 Å². The number of hydrogen-bond acceptors (Lipinski definition) is 4. The highest BCUT2D eigenvalue weighted by molar-refractivity contribution is 7.99. The summed E-state index contributed by atoms with van der Waals surface area (Å²) < 4.78 is 7.38. The van der Waals surface area contributed by atoms with Crippen molar-refractivity contribution in [2.75, 3.05) is 25.1 Å². The second-order valence-corrected chi connectivity index (χ2v) is 8.24. The zero-order valence-electron chi connectivity index (χ0n) is 16.2. The summed E-state index contributed by atoms with van der Waals surface area (Å²) in [7, 11) is 1.42. The largest absolute Gasteiger partial charge is 0.465 e. The van der Waals surface area contributed by atoms with Crippen molar-refractivity contribution in [3.63, 3.8) is 0 Å². The number of nitrogens with zero attached hydrogens (tertiary/aromatic N) is 2. The number of amidine groups is 1. The Kier molecular flexibility index (Phi) is 4.60. The first-order chi connectivity index (χ1) is 14.2. The van der Waals surface area contributed by atoms with Crippen LogP contribution in [0, 0.1) is 0 Å². The van der Waals surface area contributed by atoms with Gasteiger partial charge in [-0.2, -0.15) is 0 Å². The summed E-state index contributed by atoms with van der Waals surface area (Å²) in [4.78, 5) is 16.7. The average Bonchev–Trinajstić information content (AvgIpc) is 3.11. The van der Waals surface area contributed by atoms with Gasteiger partial charge in [0.25, 0.3) is 5.84 Å². The van der Waals surface area contributed by atoms with Crippen LogP contribution in [0.15, 0.2) is 82.6 Å². The van der Waals surface area contributed by atoms with Crippen LogP contribution >= 0.6 is 11.8 Å². The molecule has 29 heavy (non-hydrogen) atoms. The van der Waals surface area contributed by atoms with E-state index in [1.807, 2.05) is 18.2 Å². The van der Waals surface area contributed by atoms with Gasteiger partial charge >= 0.3 is 5.97 Å². The molecule has 3 aromatic carbocycles. The van der Waals surface area contributed by atoms with Crippen LogP contribution < -0.4 is 4.90 Å². The summed E-state index contributed by atoms with van der Waals surface area (Å²) in [6.45, 7) is 2.75. The number of methoxy groups -OCH3 is 1. The second-order valence-electron chi connectivity index (χ2n) is 7.15. The van der Waals surface area contributed by atoms with Crippen molar-refractivity contribution >= 4 is 29.3 Å². The number of ether oxygens (including phenoxy) is 1. The molecule has 2 aliphatic rings. The minimum Gasteiger partial charge on any atom is -0.465 e. The van der Waals surface area contributed by atoms with E-state index in [1.165, 1.54) is 29.0 Å². The van der Waals surface area contributed by atoms with Crippen LogP contribution in [-0.4, -0.2) is 36.6 Å². The Morgan fingerprint density at radius 3 is 2.66 bits per heavy atom. The zero-order chi connectivity index (χ0) is 19.8. The van der Waals surface area contributed by atoms with Gasteiger partial charge in [-0.05, 0) is 35.9 Å². The van der Waals surface area contributed by atoms with E-state index in [9.17, 15) is 4.79 Å². The molecule has 144 valence electrons. The third kappa shape index (κ3) is 3.21. The predicted octanol–water partition coefficient (Wildman–Crippen LogP) is 4.42. The molecule has 2 heterocycles. The predicted molar refractivity (Wildman–Crippen MR) is 115 cm³/mol. The van der Waals surface area contributed by atoms with Crippen molar-refractivity contribution in [1.82, 2.24) is 0 Å². The normalized spacial score (nSPS) is 14.7. The Labute approximate surface area is 174 Å². The maximum atomic E-state index is 12.1. The number of hydrogen-bond donors (Lipinski definition) is 0. The van der Waals surface area contributed by atoms with Gasteiger partial charge in [0.05, 0.1) is 23.1 Å². The Morgan fingerprint density at radius 2 is 1.83 bits per heavy atom. The van der Waals surface area contributed by atoms with Crippen molar-refractivity contribution in [3.8, 4) is 0 Å². The van der Waals surface area contributed by atoms with E-state index in [4.69, 9.17) is 4.74 Å². The van der Waals surface area contributed by atoms with E-state index >= 15 is 0 Å². The van der Waals surface area contributed by atoms with Gasteiger partial charge in [-0.15, -0.1) is 0 Å². The summed E-state index contributed by atoms with van der Waals surface area (Å²) >= 11 is 1.71. The summed E-state index contributed by atoms with van der Waals surface area (Å²) in [6, 6.07) is 25.0. The summed E-state index contributed by atoms with van der Waals surface area (Å²) in [5, 5.41) is 0. The van der Waals surface area contributed by atoms with Crippen LogP contribution in [0.4, 0.5) is 5.69 Å². The van der Waals surface area contributed by atoms with Gasteiger partial charge in [-0.25, -0.2) is 9.69 Å². The topological polar surface area (TPSA) is 32.6 Å². The molecule has 0 fully saturated rings. The Bertz CT molecular complexity index is 1120. The number of carbonyl (C=O) groups excluding carboxylic acids is 1. The van der Waals surface area contributed by atoms with Crippen molar-refractivity contribution in [2.45, 2.75) is 16.3 Å². The minimum atomic E-state index is -0.303. The quantitative estimate of drug-likeness (QED) is 0.481. The lowest BCUT2D eigenvalue weighted by Gasteiger charge is -2.14. The lowest BCUT2D eigenvalue weighted by atomic mass is 10.1. The highest BCUT2D eigenvalue weighted by atomic mass is 32.2. The van der Waals surface area contributed by atoms with Gasteiger partial charge in [0.15, 0.2) is 0 Å². The number of esters is 1. The minimum absolute atomic E-state index is 0.303. The van der Waals surface area contributed by atoms with E-state index in [0.717, 1.165) is 30.2 Å². The molecule has 0 aromatic heterocycles. The van der Waals surface area contributed by atoms with Gasteiger partial charge in [0, 0.05) is 4.90 Å². The Morgan fingerprint density at radius 1 is 1.03 bits per heavy atom. The first kappa shape index (κ1) is 18.0. The van der Waals surface area contributed by atoms with Crippen LogP contribution in [0.2, 0.25) is 0 Å². The highest BCUT2D eigenvalue weighted by Crippen LogP contribution is 2.42. The molecule has 0 unspecified atom stereocenters. The molecule has 0 saturated heterocycles. The molecule has 2 aliphatic heterocycles. The van der Waals surface area contributed by atoms with E-state index in [-0.39, 0.29) is 5.97 Å². The molecule has 3 aromatic rings. The van der Waals surface area contributed by atoms with E-state index in [1.54, 1.807) is 11.8 Å². The molecule has 0 bridgehead atoms. The van der Waals surface area contributed by atoms with Gasteiger partial charge in [-0.3, -0.25) is 4.58 Å². The Hall–Kier alpha value is -3.05. The molecule has 0 spiro atoms. The monoisotopic (exact) mass is 401 g/mol. The van der Waals surface area contributed by atoms with Crippen molar-refractivity contribution in [2.24, 2.45) is 0 Å². The Balaban J connectivity index is 1.66. The molecule has 5 heteroatoms. The number of rotatable bonds is 3. The fourth-order valence-electron chi connectivity index (χ4n) is 4.03. The number of carbonyl (C=O) groups is 1. The summed E-state index contributed by atoms with van der Waals surface area (Å²) in [5.41, 5.74) is 4.27. The van der Waals surface area contributed by atoms with Crippen LogP contribution in [0.3, 0.4) is 0 Å². The lowest BCUT2D eigenvalue weighted by molar-refractivity contribution is -0.533. The first-order valence-corrected chi connectivity index (χ1v) is 10.5. The SMILES string of the molecule is COC(=O)c1ccc2c(c1)Sc1ccccc1C1=[N+](Cc3ccccc3)CCN12. The lowest BCUT2D eigenvalue weighted by Crippen LogP contribution is -2.30. The third-order valence-electron chi connectivity index (χ3n) is 5.38. The molecule has 0 amide bonds. The van der Waals surface area contributed by atoms with E-state index in [2.05, 4.69) is 64.1 Å². The molecule has 5 rings (SSSR count). The first-order valence-electron chi connectivity index (χ1n) is 9.67. The van der Waals surface area contributed by atoms with Gasteiger partial charge in [0.1, 0.15) is 25.3 Å². The van der Waals surface area contributed by atoms with Crippen molar-refractivity contribution < 1.29 is 14.1 Å². The molecule has 0 aliphatic carbocycles. The van der Waals surface area contributed by atoms with Crippen molar-refractivity contribution in [1.29, 1.82) is 0 Å². The van der Waals surface area contributed by atoms with Crippen LogP contribution in [-0.2, 0) is 11.3 Å². The molecule has 0 radical (unpaired) electrons. The number of fused-ring (bicyclic) bond motifs is 5. The highest BCUT2D eigenvalue weighted by Gasteiger charge is 2.38. The fraction of sp³-hybridized carbons (Fsp3) is 0.167. The molecule has 4 nitrogen and oxygen atoms in total. The molecule has 0 saturated carbocycles. The molecular weight excluding hydrogens is 380 g/mol. The zero-order valence-corrected chi connectivity index (χ0v) is 17.0. The maximum absolute atomic E-state index is 12.1. The average molecular weight is 402 g/mol. The molecule has 0 atom stereocenters. The van der Waals surface area contributed by atoms with Gasteiger partial charge in [-0.1, -0.05) is 54.2 Å². The van der Waals surface area contributed by atoms with E-state index in [0.29, 0.717) is 5.56 Å². The standard InChI is InChI=1S/C24H21N2O2S/c1-28-24(27)18-11-12-20-22(15-18)29-21-10-6-5-9-19(21)23-25(13-14-26(20)23)16-17-7-3-2-4-8-17/h2-12,15H,13-14,16H2,1H3/q+1. The second kappa shape index (κ2) is 7.41. The number of benzene rings is 3. The van der Waals surface area contributed by atoms with E-state index < -0.39 is 0 Å². The van der Waals surface area contributed by atoms with Crippen LogP contribution in [0.1, 0.15) is 21.5 Å².